The highest BCUT2D eigenvalue weighted by molar-refractivity contribution is 6.29. The van der Waals surface area contributed by atoms with Crippen LogP contribution >= 0.6 is 11.6 Å². The fourth-order valence-corrected chi connectivity index (χ4v) is 3.99. The minimum atomic E-state index is -0.796. The number of carbonyl (C=O) groups is 1. The van der Waals surface area contributed by atoms with Crippen LogP contribution in [-0.4, -0.2) is 16.1 Å². The van der Waals surface area contributed by atoms with Crippen LogP contribution in [0.4, 0.5) is 5.69 Å². The van der Waals surface area contributed by atoms with Crippen molar-refractivity contribution in [3.8, 4) is 11.3 Å². The van der Waals surface area contributed by atoms with Gasteiger partial charge in [0, 0.05) is 16.7 Å². The lowest BCUT2D eigenvalue weighted by Gasteiger charge is -2.20. The lowest BCUT2D eigenvalue weighted by molar-refractivity contribution is 0.0701. The number of rotatable bonds is 5. The third-order valence-corrected chi connectivity index (χ3v) is 5.65. The number of hydrogen-bond donors (Lipinski definition) is 3. The molecule has 4 rings (SSSR count). The van der Waals surface area contributed by atoms with Crippen LogP contribution in [-0.2, 0) is 0 Å². The summed E-state index contributed by atoms with van der Waals surface area (Å²) >= 11 is 5.93. The van der Waals surface area contributed by atoms with Crippen LogP contribution < -0.4 is 16.2 Å². The van der Waals surface area contributed by atoms with E-state index in [1.807, 2.05) is 56.3 Å². The van der Waals surface area contributed by atoms with Gasteiger partial charge in [-0.1, -0.05) is 48.0 Å². The molecule has 0 aliphatic rings. The summed E-state index contributed by atoms with van der Waals surface area (Å²) in [6, 6.07) is 16.0. The molecule has 0 bridgehead atoms. The monoisotopic (exact) mass is 463 g/mol. The summed E-state index contributed by atoms with van der Waals surface area (Å²) in [4.78, 5) is 29.3. The van der Waals surface area contributed by atoms with Gasteiger partial charge >= 0.3 is 0 Å². The van der Waals surface area contributed by atoms with E-state index in [2.05, 4.69) is 10.3 Å². The highest BCUT2D eigenvalue weighted by Gasteiger charge is 2.21. The third-order valence-electron chi connectivity index (χ3n) is 5.44. The molecule has 0 unspecified atom stereocenters. The number of hydroxylamine groups is 1. The van der Waals surface area contributed by atoms with E-state index in [-0.39, 0.29) is 22.3 Å². The van der Waals surface area contributed by atoms with Gasteiger partial charge in [-0.2, -0.15) is 0 Å². The Morgan fingerprint density at radius 1 is 1.12 bits per heavy atom. The first-order chi connectivity index (χ1) is 15.8. The number of amides is 1. The molecule has 7 nitrogen and oxygen atoms in total. The van der Waals surface area contributed by atoms with E-state index in [0.29, 0.717) is 28.0 Å². The van der Waals surface area contributed by atoms with Crippen molar-refractivity contribution in [1.82, 2.24) is 10.5 Å². The lowest BCUT2D eigenvalue weighted by Crippen LogP contribution is -2.22. The van der Waals surface area contributed by atoms with Crippen LogP contribution in [0.5, 0.6) is 0 Å². The van der Waals surface area contributed by atoms with E-state index < -0.39 is 5.91 Å². The highest BCUT2D eigenvalue weighted by atomic mass is 35.5. The second-order valence-electron chi connectivity index (χ2n) is 7.82. The van der Waals surface area contributed by atoms with Crippen molar-refractivity contribution in [2.24, 2.45) is 0 Å². The summed E-state index contributed by atoms with van der Waals surface area (Å²) in [6.45, 7) is 5.55. The number of aryl methyl sites for hydroxylation is 1. The molecule has 2 aromatic heterocycles. The molecule has 0 radical (unpaired) electrons. The second kappa shape index (κ2) is 9.05. The molecule has 33 heavy (non-hydrogen) atoms. The number of fused-ring (bicyclic) bond motifs is 1. The first kappa shape index (κ1) is 22.5. The summed E-state index contributed by atoms with van der Waals surface area (Å²) in [7, 11) is 0. The molecule has 3 N–H and O–H groups in total. The molecule has 1 atom stereocenters. The summed E-state index contributed by atoms with van der Waals surface area (Å²) in [5.41, 5.74) is 5.24. The predicted octanol–water partition coefficient (Wildman–Crippen LogP) is 5.42. The standard InChI is InChI=1S/C25H22ClN3O4/c1-13-11-17(15(3)27-19-9-10-20(26)28-21(19)25(31)29-32)24-18(12-13)22(30)14(2)23(33-24)16-7-5-4-6-8-16/h4-12,15,27,32H,1-3H3,(H,29,31)/t15-/m1/s1. The predicted molar refractivity (Wildman–Crippen MR) is 128 cm³/mol. The maximum Gasteiger partial charge on any atom is 0.295 e. The fraction of sp³-hybridized carbons (Fsp3) is 0.160. The minimum absolute atomic E-state index is 0.0592. The van der Waals surface area contributed by atoms with Gasteiger partial charge in [-0.05, 0) is 44.5 Å². The number of nitrogens with zero attached hydrogens (tertiary/aromatic N) is 1. The second-order valence-corrected chi connectivity index (χ2v) is 8.21. The smallest absolute Gasteiger partial charge is 0.295 e. The number of pyridine rings is 1. The number of aromatic nitrogens is 1. The van der Waals surface area contributed by atoms with E-state index in [0.717, 1.165) is 16.7 Å². The molecule has 0 aliphatic carbocycles. The van der Waals surface area contributed by atoms with Crippen LogP contribution in [0, 0.1) is 13.8 Å². The van der Waals surface area contributed by atoms with Gasteiger partial charge in [-0.3, -0.25) is 14.8 Å². The number of anilines is 1. The van der Waals surface area contributed by atoms with Crippen LogP contribution in [0.2, 0.25) is 5.15 Å². The van der Waals surface area contributed by atoms with Crippen LogP contribution in [0.1, 0.15) is 40.1 Å². The Morgan fingerprint density at radius 2 is 1.85 bits per heavy atom. The molecule has 2 heterocycles. The molecule has 168 valence electrons. The summed E-state index contributed by atoms with van der Waals surface area (Å²) in [5, 5.41) is 12.9. The summed E-state index contributed by atoms with van der Waals surface area (Å²) < 4.78 is 6.33. The van der Waals surface area contributed by atoms with Gasteiger partial charge in [0.15, 0.2) is 11.1 Å². The number of halogens is 1. The van der Waals surface area contributed by atoms with E-state index in [1.165, 1.54) is 6.07 Å². The van der Waals surface area contributed by atoms with Crippen molar-refractivity contribution in [3.63, 3.8) is 0 Å². The van der Waals surface area contributed by atoms with Gasteiger partial charge in [-0.25, -0.2) is 10.5 Å². The van der Waals surface area contributed by atoms with Crippen molar-refractivity contribution in [1.29, 1.82) is 0 Å². The van der Waals surface area contributed by atoms with Crippen LogP contribution in [0.15, 0.2) is 63.8 Å². The lowest BCUT2D eigenvalue weighted by atomic mass is 9.98. The van der Waals surface area contributed by atoms with E-state index in [9.17, 15) is 9.59 Å². The minimum Gasteiger partial charge on any atom is -0.455 e. The fourth-order valence-electron chi connectivity index (χ4n) is 3.84. The molecule has 0 fully saturated rings. The molecular formula is C25H22ClN3O4. The zero-order chi connectivity index (χ0) is 23.7. The van der Waals surface area contributed by atoms with Gasteiger partial charge in [0.1, 0.15) is 16.5 Å². The largest absolute Gasteiger partial charge is 0.455 e. The Morgan fingerprint density at radius 3 is 2.55 bits per heavy atom. The zero-order valence-electron chi connectivity index (χ0n) is 18.3. The van der Waals surface area contributed by atoms with Crippen molar-refractivity contribution in [2.75, 3.05) is 5.32 Å². The Bertz CT molecular complexity index is 1420. The average molecular weight is 464 g/mol. The van der Waals surface area contributed by atoms with Gasteiger partial charge in [0.05, 0.1) is 17.1 Å². The van der Waals surface area contributed by atoms with Crippen molar-refractivity contribution < 1.29 is 14.4 Å². The van der Waals surface area contributed by atoms with Crippen molar-refractivity contribution in [2.45, 2.75) is 26.8 Å². The van der Waals surface area contributed by atoms with Crippen LogP contribution in [0.3, 0.4) is 0 Å². The highest BCUT2D eigenvalue weighted by Crippen LogP contribution is 2.32. The molecule has 8 heteroatoms. The van der Waals surface area contributed by atoms with E-state index in [4.69, 9.17) is 21.2 Å². The Hall–Kier alpha value is -3.68. The topological polar surface area (TPSA) is 104 Å². The number of benzene rings is 2. The Kier molecular flexibility index (Phi) is 6.18. The first-order valence-corrected chi connectivity index (χ1v) is 10.7. The molecule has 0 spiro atoms. The zero-order valence-corrected chi connectivity index (χ0v) is 19.0. The van der Waals surface area contributed by atoms with Crippen molar-refractivity contribution in [3.05, 3.63) is 92.4 Å². The maximum atomic E-state index is 13.2. The number of carbonyl (C=O) groups excluding carboxylic acids is 1. The summed E-state index contributed by atoms with van der Waals surface area (Å²) in [5.74, 6) is -0.284. The molecule has 4 aromatic rings. The van der Waals surface area contributed by atoms with Gasteiger partial charge in [0.2, 0.25) is 0 Å². The van der Waals surface area contributed by atoms with E-state index >= 15 is 0 Å². The van der Waals surface area contributed by atoms with E-state index in [1.54, 1.807) is 18.5 Å². The molecule has 0 saturated heterocycles. The average Bonchev–Trinajstić information content (AvgIpc) is 2.82. The molecule has 0 aliphatic heterocycles. The summed E-state index contributed by atoms with van der Waals surface area (Å²) in [6.07, 6.45) is 0. The Labute approximate surface area is 195 Å². The normalized spacial score (nSPS) is 11.9. The molecule has 0 saturated carbocycles. The SMILES string of the molecule is Cc1cc([C@@H](C)Nc2ccc(Cl)nc2C(=O)NO)c2oc(-c3ccccc3)c(C)c(=O)c2c1. The number of nitrogens with one attached hydrogen (secondary N) is 2. The van der Waals surface area contributed by atoms with Gasteiger partial charge < -0.3 is 9.73 Å². The third kappa shape index (κ3) is 4.33. The van der Waals surface area contributed by atoms with Crippen LogP contribution in [0.25, 0.3) is 22.3 Å². The Balaban J connectivity index is 1.87. The van der Waals surface area contributed by atoms with Gasteiger partial charge in [-0.15, -0.1) is 0 Å². The molecular weight excluding hydrogens is 442 g/mol. The maximum absolute atomic E-state index is 13.2. The first-order valence-electron chi connectivity index (χ1n) is 10.3. The quantitative estimate of drug-likeness (QED) is 0.207. The molecule has 1 amide bonds. The van der Waals surface area contributed by atoms with Crippen molar-refractivity contribution >= 4 is 34.2 Å². The molecule has 2 aromatic carbocycles. The van der Waals surface area contributed by atoms with Gasteiger partial charge in [0.25, 0.3) is 5.91 Å². The number of hydrogen-bond acceptors (Lipinski definition) is 6.